The molecule has 0 saturated carbocycles. The highest BCUT2D eigenvalue weighted by Crippen LogP contribution is 2.15. The van der Waals surface area contributed by atoms with Gasteiger partial charge in [-0.2, -0.15) is 0 Å². The summed E-state index contributed by atoms with van der Waals surface area (Å²) in [6.07, 6.45) is 7.18. The normalized spacial score (nSPS) is 12.6. The molecule has 0 aliphatic carbocycles. The van der Waals surface area contributed by atoms with Crippen molar-refractivity contribution in [2.75, 3.05) is 0 Å². The summed E-state index contributed by atoms with van der Waals surface area (Å²) >= 11 is 5.81. The van der Waals surface area contributed by atoms with Crippen molar-refractivity contribution in [3.05, 3.63) is 47.3 Å². The van der Waals surface area contributed by atoms with Crippen LogP contribution in [0.4, 0.5) is 0 Å². The zero-order valence-corrected chi connectivity index (χ0v) is 11.1. The number of aromatic nitrogens is 3. The lowest BCUT2D eigenvalue weighted by Gasteiger charge is -2.12. The van der Waals surface area contributed by atoms with Crippen molar-refractivity contribution >= 4 is 11.6 Å². The summed E-state index contributed by atoms with van der Waals surface area (Å²) in [5, 5.41) is 0.624. The van der Waals surface area contributed by atoms with E-state index in [0.29, 0.717) is 11.4 Å². The van der Waals surface area contributed by atoms with Crippen LogP contribution in [0.15, 0.2) is 30.7 Å². The SMILES string of the molecule is CCCn1ccnc1CC(N)c1ccc(Cl)cn1. The minimum Gasteiger partial charge on any atom is -0.335 e. The van der Waals surface area contributed by atoms with Crippen LogP contribution in [0, 0.1) is 0 Å². The number of nitrogens with two attached hydrogens (primary N) is 1. The van der Waals surface area contributed by atoms with Gasteiger partial charge in [-0.25, -0.2) is 4.98 Å². The van der Waals surface area contributed by atoms with Gasteiger partial charge in [-0.3, -0.25) is 4.98 Å². The number of rotatable bonds is 5. The second kappa shape index (κ2) is 5.98. The standard InChI is InChI=1S/C13H17ClN4/c1-2-6-18-7-5-16-13(18)8-11(15)12-4-3-10(14)9-17-12/h3-5,7,9,11H,2,6,8,15H2,1H3. The lowest BCUT2D eigenvalue weighted by molar-refractivity contribution is 0.592. The van der Waals surface area contributed by atoms with Crippen molar-refractivity contribution in [2.24, 2.45) is 5.73 Å². The molecule has 96 valence electrons. The zero-order valence-electron chi connectivity index (χ0n) is 10.4. The highest BCUT2D eigenvalue weighted by Gasteiger charge is 2.12. The smallest absolute Gasteiger partial charge is 0.110 e. The van der Waals surface area contributed by atoms with Gasteiger partial charge in [0.1, 0.15) is 5.82 Å². The van der Waals surface area contributed by atoms with Crippen molar-refractivity contribution in [1.29, 1.82) is 0 Å². The molecule has 2 N–H and O–H groups in total. The van der Waals surface area contributed by atoms with Crippen LogP contribution < -0.4 is 5.73 Å². The fourth-order valence-corrected chi connectivity index (χ4v) is 1.99. The van der Waals surface area contributed by atoms with E-state index >= 15 is 0 Å². The average Bonchev–Trinajstić information content (AvgIpc) is 2.78. The molecule has 18 heavy (non-hydrogen) atoms. The van der Waals surface area contributed by atoms with E-state index < -0.39 is 0 Å². The van der Waals surface area contributed by atoms with Crippen molar-refractivity contribution in [3.8, 4) is 0 Å². The zero-order chi connectivity index (χ0) is 13.0. The molecule has 0 fully saturated rings. The van der Waals surface area contributed by atoms with Gasteiger partial charge in [0, 0.05) is 31.6 Å². The van der Waals surface area contributed by atoms with Crippen molar-refractivity contribution in [1.82, 2.24) is 14.5 Å². The summed E-state index contributed by atoms with van der Waals surface area (Å²) in [7, 11) is 0. The van der Waals surface area contributed by atoms with Gasteiger partial charge in [-0.15, -0.1) is 0 Å². The van der Waals surface area contributed by atoms with Crippen LogP contribution in [0.3, 0.4) is 0 Å². The molecular formula is C13H17ClN4. The minimum atomic E-state index is -0.153. The third-order valence-electron chi connectivity index (χ3n) is 2.80. The maximum atomic E-state index is 6.14. The Labute approximate surface area is 112 Å². The number of nitrogens with zero attached hydrogens (tertiary/aromatic N) is 3. The van der Waals surface area contributed by atoms with Crippen LogP contribution in [-0.4, -0.2) is 14.5 Å². The minimum absolute atomic E-state index is 0.153. The molecule has 2 rings (SSSR count). The summed E-state index contributed by atoms with van der Waals surface area (Å²) in [4.78, 5) is 8.59. The summed E-state index contributed by atoms with van der Waals surface area (Å²) in [5.74, 6) is 1.00. The molecule has 0 aliphatic heterocycles. The maximum Gasteiger partial charge on any atom is 0.110 e. The fraction of sp³-hybridized carbons (Fsp3) is 0.385. The molecule has 2 aromatic heterocycles. The van der Waals surface area contributed by atoms with Crippen molar-refractivity contribution in [2.45, 2.75) is 32.4 Å². The molecular weight excluding hydrogens is 248 g/mol. The second-order valence-electron chi connectivity index (χ2n) is 4.25. The first-order valence-corrected chi connectivity index (χ1v) is 6.45. The highest BCUT2D eigenvalue weighted by atomic mass is 35.5. The van der Waals surface area contributed by atoms with Gasteiger partial charge in [0.15, 0.2) is 0 Å². The van der Waals surface area contributed by atoms with E-state index in [4.69, 9.17) is 17.3 Å². The van der Waals surface area contributed by atoms with E-state index in [2.05, 4.69) is 21.5 Å². The molecule has 0 spiro atoms. The first-order valence-electron chi connectivity index (χ1n) is 6.07. The van der Waals surface area contributed by atoms with Crippen LogP contribution in [0.2, 0.25) is 5.02 Å². The van der Waals surface area contributed by atoms with Crippen LogP contribution >= 0.6 is 11.6 Å². The Hall–Kier alpha value is -1.39. The first-order chi connectivity index (χ1) is 8.70. The summed E-state index contributed by atoms with van der Waals surface area (Å²) in [5.41, 5.74) is 6.98. The van der Waals surface area contributed by atoms with Gasteiger partial charge >= 0.3 is 0 Å². The number of hydrogen-bond donors (Lipinski definition) is 1. The quantitative estimate of drug-likeness (QED) is 0.903. The molecule has 0 radical (unpaired) electrons. The van der Waals surface area contributed by atoms with E-state index in [9.17, 15) is 0 Å². The van der Waals surface area contributed by atoms with Gasteiger partial charge < -0.3 is 10.3 Å². The van der Waals surface area contributed by atoms with E-state index in [1.807, 2.05) is 24.5 Å². The number of halogens is 1. The van der Waals surface area contributed by atoms with Crippen molar-refractivity contribution < 1.29 is 0 Å². The molecule has 0 saturated heterocycles. The lowest BCUT2D eigenvalue weighted by Crippen LogP contribution is -2.17. The molecule has 1 unspecified atom stereocenters. The van der Waals surface area contributed by atoms with Gasteiger partial charge in [0.2, 0.25) is 0 Å². The van der Waals surface area contributed by atoms with Crippen molar-refractivity contribution in [3.63, 3.8) is 0 Å². The van der Waals surface area contributed by atoms with E-state index in [1.54, 1.807) is 6.20 Å². The lowest BCUT2D eigenvalue weighted by atomic mass is 10.1. The summed E-state index contributed by atoms with van der Waals surface area (Å²) in [6.45, 7) is 3.11. The van der Waals surface area contributed by atoms with E-state index in [-0.39, 0.29) is 6.04 Å². The molecule has 2 aromatic rings. The second-order valence-corrected chi connectivity index (χ2v) is 4.69. The van der Waals surface area contributed by atoms with Gasteiger partial charge in [-0.05, 0) is 18.6 Å². The Balaban J connectivity index is 2.08. The Morgan fingerprint density at radius 3 is 2.89 bits per heavy atom. The largest absolute Gasteiger partial charge is 0.335 e. The number of pyridine rings is 1. The van der Waals surface area contributed by atoms with E-state index in [0.717, 1.165) is 24.5 Å². The van der Waals surface area contributed by atoms with E-state index in [1.165, 1.54) is 0 Å². The van der Waals surface area contributed by atoms with Crippen LogP contribution in [0.1, 0.15) is 30.9 Å². The number of hydrogen-bond acceptors (Lipinski definition) is 3. The Morgan fingerprint density at radius 2 is 2.22 bits per heavy atom. The van der Waals surface area contributed by atoms with Crippen LogP contribution in [0.25, 0.3) is 0 Å². The van der Waals surface area contributed by atoms with Crippen LogP contribution in [-0.2, 0) is 13.0 Å². The molecule has 1 atom stereocenters. The third-order valence-corrected chi connectivity index (χ3v) is 3.02. The molecule has 0 aromatic carbocycles. The summed E-state index contributed by atoms with van der Waals surface area (Å²) < 4.78 is 2.13. The monoisotopic (exact) mass is 264 g/mol. The first kappa shape index (κ1) is 13.1. The third kappa shape index (κ3) is 3.09. The number of aryl methyl sites for hydroxylation is 1. The fourth-order valence-electron chi connectivity index (χ4n) is 1.88. The maximum absolute atomic E-state index is 6.14. The molecule has 0 amide bonds. The Kier molecular flexibility index (Phi) is 4.33. The molecule has 0 bridgehead atoms. The number of imidazole rings is 1. The van der Waals surface area contributed by atoms with Gasteiger partial charge in [-0.1, -0.05) is 18.5 Å². The molecule has 5 heteroatoms. The topological polar surface area (TPSA) is 56.7 Å². The predicted molar refractivity (Wildman–Crippen MR) is 72.4 cm³/mol. The van der Waals surface area contributed by atoms with Gasteiger partial charge in [0.05, 0.1) is 16.8 Å². The highest BCUT2D eigenvalue weighted by molar-refractivity contribution is 6.30. The summed E-state index contributed by atoms with van der Waals surface area (Å²) in [6, 6.07) is 3.52. The van der Waals surface area contributed by atoms with Gasteiger partial charge in [0.25, 0.3) is 0 Å². The Bertz CT molecular complexity index is 492. The Morgan fingerprint density at radius 1 is 1.39 bits per heavy atom. The molecule has 2 heterocycles. The molecule has 4 nitrogen and oxygen atoms in total. The molecule has 0 aliphatic rings. The van der Waals surface area contributed by atoms with Crippen LogP contribution in [0.5, 0.6) is 0 Å². The predicted octanol–water partition coefficient (Wildman–Crippen LogP) is 2.58. The average molecular weight is 265 g/mol.